The topological polar surface area (TPSA) is 66.2 Å². The quantitative estimate of drug-likeness (QED) is 0.710. The third-order valence-corrected chi connectivity index (χ3v) is 5.20. The van der Waals surface area contributed by atoms with Crippen molar-refractivity contribution in [2.45, 2.75) is 33.4 Å². The zero-order chi connectivity index (χ0) is 19.8. The minimum Gasteiger partial charge on any atom is -0.390 e. The Morgan fingerprint density at radius 2 is 1.93 bits per heavy atom. The van der Waals surface area contributed by atoms with E-state index < -0.39 is 5.82 Å². The molecule has 1 aromatic carbocycles. The molecule has 0 amide bonds. The largest absolute Gasteiger partial charge is 0.390 e. The van der Waals surface area contributed by atoms with Crippen LogP contribution in [0.5, 0.6) is 0 Å². The van der Waals surface area contributed by atoms with Crippen LogP contribution in [0.1, 0.15) is 22.3 Å². The van der Waals surface area contributed by atoms with Gasteiger partial charge >= 0.3 is 0 Å². The minimum absolute atomic E-state index is 0.208. The fraction of sp³-hybridized carbons (Fsp3) is 0.333. The van der Waals surface area contributed by atoms with Crippen LogP contribution in [0.4, 0.5) is 16.0 Å². The Morgan fingerprint density at radius 1 is 1.14 bits per heavy atom. The van der Waals surface area contributed by atoms with E-state index in [-0.39, 0.29) is 11.9 Å². The van der Waals surface area contributed by atoms with E-state index in [9.17, 15) is 9.50 Å². The van der Waals surface area contributed by atoms with E-state index in [2.05, 4.69) is 27.1 Å². The molecule has 0 unspecified atom stereocenters. The van der Waals surface area contributed by atoms with Gasteiger partial charge in [0, 0.05) is 37.7 Å². The Bertz CT molecular complexity index is 1010. The number of rotatable bonds is 5. The van der Waals surface area contributed by atoms with Gasteiger partial charge in [-0.25, -0.2) is 9.37 Å². The first kappa shape index (κ1) is 18.6. The lowest BCUT2D eigenvalue weighted by atomic mass is 10.1. The SMILES string of the molecule is Cc1ccc(Nc2ncc(F)c(-n3cc(C)c(CN4CC(O)C4)c3)n2)cc1C. The van der Waals surface area contributed by atoms with Crippen molar-refractivity contribution < 1.29 is 9.50 Å². The van der Waals surface area contributed by atoms with Gasteiger partial charge in [0.2, 0.25) is 5.95 Å². The number of halogens is 1. The van der Waals surface area contributed by atoms with Crippen molar-refractivity contribution in [2.75, 3.05) is 18.4 Å². The van der Waals surface area contributed by atoms with E-state index >= 15 is 0 Å². The van der Waals surface area contributed by atoms with Crippen LogP contribution in [-0.4, -0.2) is 43.7 Å². The fourth-order valence-electron chi connectivity index (χ4n) is 3.35. The lowest BCUT2D eigenvalue weighted by Gasteiger charge is -2.35. The molecule has 28 heavy (non-hydrogen) atoms. The third kappa shape index (κ3) is 3.76. The molecule has 1 aliphatic heterocycles. The summed E-state index contributed by atoms with van der Waals surface area (Å²) in [5.41, 5.74) is 5.38. The molecule has 0 radical (unpaired) electrons. The van der Waals surface area contributed by atoms with Gasteiger partial charge in [-0.2, -0.15) is 4.98 Å². The van der Waals surface area contributed by atoms with Crippen LogP contribution < -0.4 is 5.32 Å². The van der Waals surface area contributed by atoms with Crippen molar-refractivity contribution in [2.24, 2.45) is 0 Å². The average molecular weight is 381 g/mol. The smallest absolute Gasteiger partial charge is 0.229 e. The Hall–Kier alpha value is -2.77. The number of aliphatic hydroxyl groups excluding tert-OH is 1. The van der Waals surface area contributed by atoms with Crippen molar-refractivity contribution in [3.63, 3.8) is 0 Å². The maximum absolute atomic E-state index is 14.4. The standard InChI is InChI=1S/C21H24FN5O/c1-13-4-5-17(6-14(13)2)24-21-23-7-19(22)20(25-21)27-8-15(3)16(10-27)9-26-11-18(28)12-26/h4-8,10,18,28H,9,11-12H2,1-3H3,(H,23,24,25). The molecule has 0 atom stereocenters. The van der Waals surface area contributed by atoms with Crippen LogP contribution in [0.3, 0.4) is 0 Å². The number of benzene rings is 1. The third-order valence-electron chi connectivity index (χ3n) is 5.20. The number of nitrogens with one attached hydrogen (secondary N) is 1. The molecule has 6 nitrogen and oxygen atoms in total. The summed E-state index contributed by atoms with van der Waals surface area (Å²) in [5.74, 6) is 0.0734. The first-order valence-corrected chi connectivity index (χ1v) is 9.34. The predicted molar refractivity (Wildman–Crippen MR) is 107 cm³/mol. The number of nitrogens with zero attached hydrogens (tertiary/aromatic N) is 4. The summed E-state index contributed by atoms with van der Waals surface area (Å²) >= 11 is 0. The Kier molecular flexibility index (Phi) is 4.87. The summed E-state index contributed by atoms with van der Waals surface area (Å²) in [6, 6.07) is 5.99. The first-order valence-electron chi connectivity index (χ1n) is 9.34. The van der Waals surface area contributed by atoms with E-state index in [1.54, 1.807) is 4.57 Å². The molecule has 1 saturated heterocycles. The van der Waals surface area contributed by atoms with Gasteiger partial charge < -0.3 is 15.0 Å². The van der Waals surface area contributed by atoms with E-state index in [1.807, 2.05) is 44.4 Å². The van der Waals surface area contributed by atoms with E-state index in [0.717, 1.165) is 28.9 Å². The van der Waals surface area contributed by atoms with Gasteiger partial charge in [-0.3, -0.25) is 4.90 Å². The second-order valence-corrected chi connectivity index (χ2v) is 7.51. The van der Waals surface area contributed by atoms with Gasteiger partial charge in [0.1, 0.15) is 0 Å². The second kappa shape index (κ2) is 7.33. The Labute approximate surface area is 163 Å². The molecular weight excluding hydrogens is 357 g/mol. The first-order chi connectivity index (χ1) is 13.4. The summed E-state index contributed by atoms with van der Waals surface area (Å²) in [4.78, 5) is 10.6. The van der Waals surface area contributed by atoms with Gasteiger partial charge in [0.15, 0.2) is 11.6 Å². The summed E-state index contributed by atoms with van der Waals surface area (Å²) in [6.45, 7) is 8.18. The lowest BCUT2D eigenvalue weighted by Crippen LogP contribution is -2.49. The van der Waals surface area contributed by atoms with Crippen molar-refractivity contribution in [3.05, 3.63) is 64.9 Å². The normalized spacial score (nSPS) is 14.9. The number of β-amino-alcohol motifs (C(OH)–C–C–N with tert-alkyl or cyclic N) is 1. The highest BCUT2D eigenvalue weighted by molar-refractivity contribution is 5.56. The molecule has 4 rings (SSSR count). The Balaban J connectivity index is 1.57. The molecule has 0 aliphatic carbocycles. The van der Waals surface area contributed by atoms with Crippen LogP contribution >= 0.6 is 0 Å². The van der Waals surface area contributed by atoms with Gasteiger partial charge in [0.25, 0.3) is 0 Å². The molecule has 1 aliphatic rings. The number of aliphatic hydroxyl groups is 1. The molecule has 7 heteroatoms. The van der Waals surface area contributed by atoms with Crippen LogP contribution in [-0.2, 0) is 6.54 Å². The average Bonchev–Trinajstić information content (AvgIpc) is 2.99. The van der Waals surface area contributed by atoms with Crippen LogP contribution in [0.25, 0.3) is 5.82 Å². The van der Waals surface area contributed by atoms with Crippen molar-refractivity contribution in [3.8, 4) is 5.82 Å². The van der Waals surface area contributed by atoms with Gasteiger partial charge in [-0.15, -0.1) is 0 Å². The number of aromatic nitrogens is 3. The number of aryl methyl sites for hydroxylation is 3. The molecule has 3 aromatic rings. The fourth-order valence-corrected chi connectivity index (χ4v) is 3.35. The predicted octanol–water partition coefficient (Wildman–Crippen LogP) is 3.25. The van der Waals surface area contributed by atoms with Gasteiger partial charge in [-0.05, 0) is 55.2 Å². The molecular formula is C21H24FN5O. The molecule has 3 heterocycles. The monoisotopic (exact) mass is 381 g/mol. The molecule has 0 saturated carbocycles. The molecule has 2 N–H and O–H groups in total. The zero-order valence-corrected chi connectivity index (χ0v) is 16.3. The number of anilines is 2. The van der Waals surface area contributed by atoms with Crippen molar-refractivity contribution in [1.82, 2.24) is 19.4 Å². The highest BCUT2D eigenvalue weighted by Gasteiger charge is 2.25. The molecule has 2 aromatic heterocycles. The number of likely N-dealkylation sites (tertiary alicyclic amines) is 1. The summed E-state index contributed by atoms with van der Waals surface area (Å²) in [6.07, 6.45) is 4.72. The number of hydrogen-bond donors (Lipinski definition) is 2. The highest BCUT2D eigenvalue weighted by Crippen LogP contribution is 2.22. The van der Waals surface area contributed by atoms with Crippen LogP contribution in [0.15, 0.2) is 36.8 Å². The summed E-state index contributed by atoms with van der Waals surface area (Å²) in [7, 11) is 0. The molecule has 0 bridgehead atoms. The zero-order valence-electron chi connectivity index (χ0n) is 16.3. The van der Waals surface area contributed by atoms with Crippen LogP contribution in [0.2, 0.25) is 0 Å². The maximum atomic E-state index is 14.4. The van der Waals surface area contributed by atoms with Crippen LogP contribution in [0, 0.1) is 26.6 Å². The minimum atomic E-state index is -0.480. The van der Waals surface area contributed by atoms with Gasteiger partial charge in [-0.1, -0.05) is 6.07 Å². The highest BCUT2D eigenvalue weighted by atomic mass is 19.1. The maximum Gasteiger partial charge on any atom is 0.229 e. The van der Waals surface area contributed by atoms with E-state index in [0.29, 0.717) is 19.0 Å². The van der Waals surface area contributed by atoms with Crippen molar-refractivity contribution >= 4 is 11.6 Å². The van der Waals surface area contributed by atoms with E-state index in [4.69, 9.17) is 0 Å². The van der Waals surface area contributed by atoms with E-state index in [1.165, 1.54) is 11.8 Å². The number of hydrogen-bond acceptors (Lipinski definition) is 5. The molecule has 146 valence electrons. The Morgan fingerprint density at radius 3 is 2.64 bits per heavy atom. The summed E-state index contributed by atoms with van der Waals surface area (Å²) in [5, 5.41) is 12.6. The van der Waals surface area contributed by atoms with Gasteiger partial charge in [0.05, 0.1) is 12.3 Å². The molecule has 0 spiro atoms. The van der Waals surface area contributed by atoms with Crippen molar-refractivity contribution in [1.29, 1.82) is 0 Å². The lowest BCUT2D eigenvalue weighted by molar-refractivity contribution is -0.00295. The summed E-state index contributed by atoms with van der Waals surface area (Å²) < 4.78 is 16.1. The second-order valence-electron chi connectivity index (χ2n) is 7.51. The molecule has 1 fully saturated rings.